The number of aliphatic hydroxyl groups excluding tert-OH is 2. The second kappa shape index (κ2) is 8.78. The van der Waals surface area contributed by atoms with Gasteiger partial charge in [-0.15, -0.1) is 0 Å². The van der Waals surface area contributed by atoms with Crippen LogP contribution in [0, 0.1) is 23.2 Å². The summed E-state index contributed by atoms with van der Waals surface area (Å²) < 4.78 is 5.68. The van der Waals surface area contributed by atoms with Crippen molar-refractivity contribution in [3.05, 3.63) is 35.5 Å². The third-order valence-corrected chi connectivity index (χ3v) is 9.04. The zero-order valence-electron chi connectivity index (χ0n) is 19.6. The SMILES string of the molecule is C=C1CC[C@@H](O)C/C1=C/C=C1\CCC[C@]2(C)[C@@H]([C@H](C)C[C@H]3C[C@@](C)(O)C(O)O3)CC[C@@H]12. The van der Waals surface area contributed by atoms with Crippen molar-refractivity contribution in [3.8, 4) is 0 Å². The molecule has 3 aliphatic carbocycles. The molecule has 31 heavy (non-hydrogen) atoms. The Bertz CT molecular complexity index is 750. The van der Waals surface area contributed by atoms with Gasteiger partial charge in [0, 0.05) is 6.42 Å². The summed E-state index contributed by atoms with van der Waals surface area (Å²) in [6.45, 7) is 10.7. The number of aliphatic hydroxyl groups is 3. The molecule has 0 radical (unpaired) electrons. The van der Waals surface area contributed by atoms with Gasteiger partial charge in [0.1, 0.15) is 5.60 Å². The van der Waals surface area contributed by atoms with Gasteiger partial charge in [0.15, 0.2) is 6.29 Å². The van der Waals surface area contributed by atoms with Crippen LogP contribution in [0.1, 0.15) is 85.0 Å². The van der Waals surface area contributed by atoms with E-state index in [1.165, 1.54) is 43.3 Å². The van der Waals surface area contributed by atoms with Crippen LogP contribution >= 0.6 is 0 Å². The Morgan fingerprint density at radius 2 is 1.94 bits per heavy atom. The van der Waals surface area contributed by atoms with Gasteiger partial charge >= 0.3 is 0 Å². The maximum absolute atomic E-state index is 10.3. The zero-order chi connectivity index (χ0) is 22.4. The predicted octanol–water partition coefficient (Wildman–Crippen LogP) is 5.04. The predicted molar refractivity (Wildman–Crippen MR) is 123 cm³/mol. The molecule has 3 N–H and O–H groups in total. The van der Waals surface area contributed by atoms with Crippen LogP contribution in [0.5, 0.6) is 0 Å². The monoisotopic (exact) mass is 430 g/mol. The first kappa shape index (κ1) is 23.2. The van der Waals surface area contributed by atoms with E-state index in [-0.39, 0.29) is 12.2 Å². The molecule has 0 amide bonds. The molecule has 1 unspecified atom stereocenters. The number of rotatable bonds is 4. The lowest BCUT2D eigenvalue weighted by molar-refractivity contribution is -0.163. The molecule has 3 saturated carbocycles. The maximum atomic E-state index is 10.3. The summed E-state index contributed by atoms with van der Waals surface area (Å²) in [7, 11) is 0. The molecule has 8 atom stereocenters. The maximum Gasteiger partial charge on any atom is 0.183 e. The van der Waals surface area contributed by atoms with Crippen LogP contribution in [-0.2, 0) is 4.74 Å². The van der Waals surface area contributed by atoms with Crippen LogP contribution < -0.4 is 0 Å². The van der Waals surface area contributed by atoms with Gasteiger partial charge in [0.2, 0.25) is 0 Å². The van der Waals surface area contributed by atoms with Crippen LogP contribution in [0.25, 0.3) is 0 Å². The number of hydrogen-bond acceptors (Lipinski definition) is 4. The summed E-state index contributed by atoms with van der Waals surface area (Å²) in [6, 6.07) is 0. The van der Waals surface area contributed by atoms with Crippen molar-refractivity contribution in [2.45, 2.75) is 109 Å². The minimum atomic E-state index is -1.13. The molecular formula is C27H42O4. The highest BCUT2D eigenvalue weighted by Crippen LogP contribution is 2.60. The highest BCUT2D eigenvalue weighted by molar-refractivity contribution is 5.36. The number of fused-ring (bicyclic) bond motifs is 1. The van der Waals surface area contributed by atoms with Gasteiger partial charge in [0.05, 0.1) is 12.2 Å². The summed E-state index contributed by atoms with van der Waals surface area (Å²) in [6.07, 6.45) is 13.3. The second-order valence-electron chi connectivity index (χ2n) is 11.4. The average molecular weight is 431 g/mol. The standard InChI is InChI=1S/C27H42O4/c1-17-7-10-21(28)15-20(17)9-8-19-6-5-13-26(3)23(11-12-24(19)26)18(2)14-22-16-27(4,30)25(29)31-22/h8-9,18,21-25,28-30H,1,5-7,10-16H2,2-4H3/b19-8+,20-9-/t18-,21-,22+,23-,24+,25?,26-,27-/m1/s1. The van der Waals surface area contributed by atoms with Crippen molar-refractivity contribution in [1.29, 1.82) is 0 Å². The first-order chi connectivity index (χ1) is 14.6. The smallest absolute Gasteiger partial charge is 0.183 e. The largest absolute Gasteiger partial charge is 0.393 e. The first-order valence-electron chi connectivity index (χ1n) is 12.4. The quantitative estimate of drug-likeness (QED) is 0.584. The number of ether oxygens (including phenoxy) is 1. The normalized spacial score (nSPS) is 47.2. The molecular weight excluding hydrogens is 388 g/mol. The zero-order valence-corrected chi connectivity index (χ0v) is 19.6. The highest BCUT2D eigenvalue weighted by atomic mass is 16.6. The molecule has 4 nitrogen and oxygen atoms in total. The van der Waals surface area contributed by atoms with Crippen LogP contribution in [0.2, 0.25) is 0 Å². The van der Waals surface area contributed by atoms with E-state index in [1.54, 1.807) is 12.5 Å². The van der Waals surface area contributed by atoms with Crippen LogP contribution in [-0.4, -0.2) is 39.4 Å². The molecule has 0 aromatic carbocycles. The fourth-order valence-corrected chi connectivity index (χ4v) is 7.27. The molecule has 0 bridgehead atoms. The Balaban J connectivity index is 1.46. The van der Waals surface area contributed by atoms with E-state index in [2.05, 4.69) is 32.6 Å². The van der Waals surface area contributed by atoms with Gasteiger partial charge in [-0.1, -0.05) is 43.7 Å². The van der Waals surface area contributed by atoms with Gasteiger partial charge in [-0.3, -0.25) is 0 Å². The average Bonchev–Trinajstić information content (AvgIpc) is 3.17. The van der Waals surface area contributed by atoms with Gasteiger partial charge < -0.3 is 20.1 Å². The Kier molecular flexibility index (Phi) is 6.58. The van der Waals surface area contributed by atoms with E-state index < -0.39 is 11.9 Å². The Morgan fingerprint density at radius 3 is 2.65 bits per heavy atom. The van der Waals surface area contributed by atoms with Crippen molar-refractivity contribution in [1.82, 2.24) is 0 Å². The van der Waals surface area contributed by atoms with E-state index in [9.17, 15) is 15.3 Å². The van der Waals surface area contributed by atoms with Gasteiger partial charge in [-0.2, -0.15) is 0 Å². The number of allylic oxidation sites excluding steroid dienone is 4. The summed E-state index contributed by atoms with van der Waals surface area (Å²) >= 11 is 0. The van der Waals surface area contributed by atoms with Crippen molar-refractivity contribution in [2.75, 3.05) is 0 Å². The summed E-state index contributed by atoms with van der Waals surface area (Å²) in [5, 5.41) is 30.3. The first-order valence-corrected chi connectivity index (χ1v) is 12.4. The second-order valence-corrected chi connectivity index (χ2v) is 11.4. The van der Waals surface area contributed by atoms with E-state index in [0.717, 1.165) is 25.7 Å². The van der Waals surface area contributed by atoms with Crippen LogP contribution in [0.15, 0.2) is 35.5 Å². The van der Waals surface area contributed by atoms with Gasteiger partial charge in [-0.05, 0) is 93.5 Å². The Morgan fingerprint density at radius 1 is 1.16 bits per heavy atom. The molecule has 4 heteroatoms. The third kappa shape index (κ3) is 4.59. The Hall–Kier alpha value is -0.940. The molecule has 4 aliphatic rings. The van der Waals surface area contributed by atoms with Gasteiger partial charge in [-0.25, -0.2) is 0 Å². The lowest BCUT2D eigenvalue weighted by Crippen LogP contribution is -2.36. The fourth-order valence-electron chi connectivity index (χ4n) is 7.27. The van der Waals surface area contributed by atoms with Crippen molar-refractivity contribution >= 4 is 0 Å². The van der Waals surface area contributed by atoms with E-state index in [0.29, 0.717) is 29.6 Å². The molecule has 1 aliphatic heterocycles. The van der Waals surface area contributed by atoms with E-state index in [1.807, 2.05) is 0 Å². The molecule has 1 heterocycles. The molecule has 4 rings (SSSR count). The van der Waals surface area contributed by atoms with Crippen molar-refractivity contribution in [3.63, 3.8) is 0 Å². The molecule has 0 aromatic rings. The topological polar surface area (TPSA) is 69.9 Å². The molecule has 4 fully saturated rings. The van der Waals surface area contributed by atoms with E-state index >= 15 is 0 Å². The van der Waals surface area contributed by atoms with Crippen LogP contribution in [0.4, 0.5) is 0 Å². The Labute approximate surface area is 188 Å². The minimum absolute atomic E-state index is 0.0604. The highest BCUT2D eigenvalue weighted by Gasteiger charge is 2.52. The molecule has 1 saturated heterocycles. The fraction of sp³-hybridized carbons (Fsp3) is 0.778. The van der Waals surface area contributed by atoms with Crippen molar-refractivity contribution < 1.29 is 20.1 Å². The summed E-state index contributed by atoms with van der Waals surface area (Å²) in [5.41, 5.74) is 3.18. The third-order valence-electron chi connectivity index (χ3n) is 9.04. The minimum Gasteiger partial charge on any atom is -0.393 e. The summed E-state index contributed by atoms with van der Waals surface area (Å²) in [5.74, 6) is 1.78. The van der Waals surface area contributed by atoms with Crippen LogP contribution in [0.3, 0.4) is 0 Å². The van der Waals surface area contributed by atoms with E-state index in [4.69, 9.17) is 4.74 Å². The lowest BCUT2D eigenvalue weighted by atomic mass is 9.60. The van der Waals surface area contributed by atoms with Gasteiger partial charge in [0.25, 0.3) is 0 Å². The molecule has 0 aromatic heterocycles. The molecule has 0 spiro atoms. The summed E-state index contributed by atoms with van der Waals surface area (Å²) in [4.78, 5) is 0. The number of hydrogen-bond donors (Lipinski definition) is 3. The lowest BCUT2D eigenvalue weighted by Gasteiger charge is -2.44. The molecule has 174 valence electrons. The van der Waals surface area contributed by atoms with Crippen molar-refractivity contribution in [2.24, 2.45) is 23.2 Å².